The van der Waals surface area contributed by atoms with Gasteiger partial charge in [-0.05, 0) is 49.8 Å². The van der Waals surface area contributed by atoms with Crippen LogP contribution in [0.4, 0.5) is 5.69 Å². The van der Waals surface area contributed by atoms with Gasteiger partial charge in [-0.1, -0.05) is 0 Å². The summed E-state index contributed by atoms with van der Waals surface area (Å²) in [5.41, 5.74) is 1.59. The maximum Gasteiger partial charge on any atom is 0.262 e. The van der Waals surface area contributed by atoms with Crippen molar-refractivity contribution in [2.45, 2.75) is 45.1 Å². The minimum absolute atomic E-state index is 0.0875. The lowest BCUT2D eigenvalue weighted by atomic mass is 9.97. The van der Waals surface area contributed by atoms with Crippen molar-refractivity contribution in [1.82, 2.24) is 14.9 Å². The Morgan fingerprint density at radius 2 is 1.97 bits per heavy atom. The Morgan fingerprint density at radius 1 is 1.12 bits per heavy atom. The molecular formula is C23H24N4O5S. The summed E-state index contributed by atoms with van der Waals surface area (Å²) in [5, 5.41) is 6.25. The zero-order valence-corrected chi connectivity index (χ0v) is 18.8. The second-order valence-electron chi connectivity index (χ2n) is 8.14. The Hall–Kier alpha value is -3.40. The fourth-order valence-electron chi connectivity index (χ4n) is 4.18. The second-order valence-corrected chi connectivity index (χ2v) is 9.22. The van der Waals surface area contributed by atoms with E-state index in [1.165, 1.54) is 15.8 Å². The van der Waals surface area contributed by atoms with E-state index in [2.05, 4.69) is 15.6 Å². The monoisotopic (exact) mass is 468 g/mol. The molecule has 1 aliphatic heterocycles. The number of nitrogens with zero attached hydrogens (tertiary/aromatic N) is 2. The number of amides is 2. The van der Waals surface area contributed by atoms with E-state index in [1.54, 1.807) is 29.5 Å². The zero-order valence-electron chi connectivity index (χ0n) is 18.0. The van der Waals surface area contributed by atoms with Gasteiger partial charge in [0, 0.05) is 29.6 Å². The lowest BCUT2D eigenvalue weighted by Gasteiger charge is -2.10. The molecule has 9 nitrogen and oxygen atoms in total. The highest BCUT2D eigenvalue weighted by molar-refractivity contribution is 7.18. The molecular weight excluding hydrogens is 444 g/mol. The summed E-state index contributed by atoms with van der Waals surface area (Å²) in [6.07, 6.45) is 6.30. The van der Waals surface area contributed by atoms with Crippen molar-refractivity contribution in [2.75, 3.05) is 18.7 Å². The van der Waals surface area contributed by atoms with E-state index in [1.807, 2.05) is 0 Å². The lowest BCUT2D eigenvalue weighted by molar-refractivity contribution is -0.122. The number of aromatic nitrogens is 2. The number of anilines is 1. The molecule has 0 unspecified atom stereocenters. The van der Waals surface area contributed by atoms with Crippen LogP contribution in [0.15, 0.2) is 29.3 Å². The first kappa shape index (κ1) is 21.4. The number of carbonyl (C=O) groups excluding carboxylic acids is 2. The molecule has 0 spiro atoms. The summed E-state index contributed by atoms with van der Waals surface area (Å²) >= 11 is 1.59. The number of hydrogen-bond donors (Lipinski definition) is 2. The van der Waals surface area contributed by atoms with Crippen LogP contribution in [0.5, 0.6) is 11.5 Å². The fraction of sp³-hybridized carbons (Fsp3) is 0.391. The molecule has 2 N–H and O–H groups in total. The third-order valence-electron chi connectivity index (χ3n) is 5.81. The highest BCUT2D eigenvalue weighted by atomic mass is 32.1. The van der Waals surface area contributed by atoms with E-state index < -0.39 is 0 Å². The average Bonchev–Trinajstić information content (AvgIpc) is 3.43. The van der Waals surface area contributed by atoms with Gasteiger partial charge in [-0.3, -0.25) is 19.0 Å². The molecule has 2 aliphatic rings. The molecule has 3 heterocycles. The van der Waals surface area contributed by atoms with Crippen molar-refractivity contribution >= 4 is 39.1 Å². The van der Waals surface area contributed by atoms with E-state index >= 15 is 0 Å². The number of nitrogens with one attached hydrogen (secondary N) is 2. The lowest BCUT2D eigenvalue weighted by Crippen LogP contribution is -2.33. The first-order valence-electron chi connectivity index (χ1n) is 11.0. The number of benzene rings is 1. The summed E-state index contributed by atoms with van der Waals surface area (Å²) in [4.78, 5) is 43.9. The maximum atomic E-state index is 12.9. The minimum atomic E-state index is -0.279. The van der Waals surface area contributed by atoms with Crippen LogP contribution in [0.25, 0.3) is 10.2 Å². The van der Waals surface area contributed by atoms with E-state index in [9.17, 15) is 14.4 Å². The molecule has 33 heavy (non-hydrogen) atoms. The summed E-state index contributed by atoms with van der Waals surface area (Å²) in [5.74, 6) is 0.823. The van der Waals surface area contributed by atoms with Crippen LogP contribution < -0.4 is 25.7 Å². The van der Waals surface area contributed by atoms with Crippen molar-refractivity contribution in [3.8, 4) is 11.5 Å². The number of thiophene rings is 1. The van der Waals surface area contributed by atoms with Crippen LogP contribution in [0, 0.1) is 0 Å². The van der Waals surface area contributed by atoms with Gasteiger partial charge in [-0.15, -0.1) is 11.3 Å². The van der Waals surface area contributed by atoms with E-state index in [0.29, 0.717) is 35.5 Å². The van der Waals surface area contributed by atoms with Crippen molar-refractivity contribution in [3.05, 3.63) is 45.3 Å². The molecule has 0 fully saturated rings. The van der Waals surface area contributed by atoms with E-state index in [0.717, 1.165) is 36.1 Å². The zero-order chi connectivity index (χ0) is 22.8. The fourth-order valence-corrected chi connectivity index (χ4v) is 5.40. The van der Waals surface area contributed by atoms with Crippen molar-refractivity contribution in [1.29, 1.82) is 0 Å². The minimum Gasteiger partial charge on any atom is -0.454 e. The van der Waals surface area contributed by atoms with Crippen LogP contribution in [0.1, 0.15) is 36.1 Å². The SMILES string of the molecule is O=C(Cn1cnc2sc3c(c2c1=O)CCCC3)NCCCC(=O)Nc1ccc2c(c1)OCO2. The predicted molar refractivity (Wildman–Crippen MR) is 124 cm³/mol. The van der Waals surface area contributed by atoms with Crippen LogP contribution in [-0.4, -0.2) is 34.7 Å². The number of hydrogen-bond acceptors (Lipinski definition) is 7. The molecule has 1 aliphatic carbocycles. The highest BCUT2D eigenvalue weighted by Crippen LogP contribution is 2.34. The Balaban J connectivity index is 1.11. The van der Waals surface area contributed by atoms with Gasteiger partial charge in [0.1, 0.15) is 11.4 Å². The molecule has 2 amide bonds. The number of rotatable bonds is 7. The van der Waals surface area contributed by atoms with Gasteiger partial charge in [0.25, 0.3) is 5.56 Å². The largest absolute Gasteiger partial charge is 0.454 e. The second kappa shape index (κ2) is 9.22. The third kappa shape index (κ3) is 4.56. The summed E-state index contributed by atoms with van der Waals surface area (Å²) in [6, 6.07) is 5.22. The van der Waals surface area contributed by atoms with Gasteiger partial charge < -0.3 is 20.1 Å². The number of fused-ring (bicyclic) bond motifs is 4. The molecule has 0 saturated carbocycles. The van der Waals surface area contributed by atoms with Gasteiger partial charge >= 0.3 is 0 Å². The van der Waals surface area contributed by atoms with Crippen LogP contribution in [0.2, 0.25) is 0 Å². The van der Waals surface area contributed by atoms with Crippen molar-refractivity contribution in [3.63, 3.8) is 0 Å². The number of carbonyl (C=O) groups is 2. The molecule has 0 saturated heterocycles. The molecule has 0 radical (unpaired) electrons. The van der Waals surface area contributed by atoms with Crippen molar-refractivity contribution in [2.24, 2.45) is 0 Å². The topological polar surface area (TPSA) is 112 Å². The van der Waals surface area contributed by atoms with Gasteiger partial charge in [0.2, 0.25) is 18.6 Å². The van der Waals surface area contributed by atoms with Crippen LogP contribution in [0.3, 0.4) is 0 Å². The van der Waals surface area contributed by atoms with Gasteiger partial charge in [0.15, 0.2) is 11.5 Å². The summed E-state index contributed by atoms with van der Waals surface area (Å²) in [7, 11) is 0. The molecule has 5 rings (SSSR count). The molecule has 3 aromatic rings. The smallest absolute Gasteiger partial charge is 0.262 e. The normalized spacial score (nSPS) is 14.2. The molecule has 2 aromatic heterocycles. The summed E-state index contributed by atoms with van der Waals surface area (Å²) < 4.78 is 11.9. The Morgan fingerprint density at radius 3 is 2.88 bits per heavy atom. The Kier molecular flexibility index (Phi) is 5.99. The van der Waals surface area contributed by atoms with Crippen LogP contribution in [-0.2, 0) is 29.0 Å². The van der Waals surface area contributed by atoms with Gasteiger partial charge in [-0.25, -0.2) is 4.98 Å². The quantitative estimate of drug-likeness (QED) is 0.516. The molecule has 10 heteroatoms. The predicted octanol–water partition coefficient (Wildman–Crippen LogP) is 2.60. The van der Waals surface area contributed by atoms with Crippen molar-refractivity contribution < 1.29 is 19.1 Å². The molecule has 0 atom stereocenters. The van der Waals surface area contributed by atoms with Gasteiger partial charge in [-0.2, -0.15) is 0 Å². The molecule has 1 aromatic carbocycles. The first-order chi connectivity index (χ1) is 16.1. The van der Waals surface area contributed by atoms with Crippen LogP contribution >= 0.6 is 11.3 Å². The Labute approximate surface area is 193 Å². The summed E-state index contributed by atoms with van der Waals surface area (Å²) in [6.45, 7) is 0.430. The first-order valence-corrected chi connectivity index (χ1v) is 11.9. The third-order valence-corrected chi connectivity index (χ3v) is 7.01. The number of ether oxygens (including phenoxy) is 2. The molecule has 172 valence electrons. The Bertz CT molecular complexity index is 1280. The van der Waals surface area contributed by atoms with Gasteiger partial charge in [0.05, 0.1) is 11.7 Å². The van der Waals surface area contributed by atoms with E-state index in [4.69, 9.17) is 9.47 Å². The average molecular weight is 469 g/mol. The maximum absolute atomic E-state index is 12.9. The number of aryl methyl sites for hydroxylation is 2. The highest BCUT2D eigenvalue weighted by Gasteiger charge is 2.20. The van der Waals surface area contributed by atoms with E-state index in [-0.39, 0.29) is 37.1 Å². The standard InChI is InChI=1S/C23H24N4O5S/c28-19(26-14-7-8-16-17(10-14)32-13-31-16)6-3-9-24-20(29)11-27-12-25-22-21(23(27)30)15-4-1-2-5-18(15)33-22/h7-8,10,12H,1-6,9,11,13H2,(H,24,29)(H,26,28). The molecule has 0 bridgehead atoms.